The number of nitrogens with zero attached hydrogens (tertiary/aromatic N) is 1. The monoisotopic (exact) mass is 209 g/mol. The van der Waals surface area contributed by atoms with E-state index in [0.29, 0.717) is 13.2 Å². The van der Waals surface area contributed by atoms with Gasteiger partial charge < -0.3 is 14.4 Å². The van der Waals surface area contributed by atoms with E-state index >= 15 is 0 Å². The number of hydrogen-bond acceptors (Lipinski definition) is 3. The molecule has 2 heterocycles. The Bertz CT molecular complexity index is 405. The molecule has 0 atom stereocenters. The topological polar surface area (TPSA) is 51.5 Å². The molecule has 4 nitrogen and oxygen atoms in total. The predicted octanol–water partition coefficient (Wildman–Crippen LogP) is 1.21. The molecule has 1 fully saturated rings. The summed E-state index contributed by atoms with van der Waals surface area (Å²) in [7, 11) is 0. The fourth-order valence-corrected chi connectivity index (χ4v) is 2.11. The molecule has 4 heteroatoms. The fourth-order valence-electron chi connectivity index (χ4n) is 2.11. The van der Waals surface area contributed by atoms with Crippen molar-refractivity contribution in [2.24, 2.45) is 0 Å². The third-order valence-corrected chi connectivity index (χ3v) is 2.80. The molecule has 2 rings (SSSR count). The number of aryl methyl sites for hydroxylation is 1. The van der Waals surface area contributed by atoms with Gasteiger partial charge in [-0.05, 0) is 25.8 Å². The van der Waals surface area contributed by atoms with Crippen molar-refractivity contribution in [3.05, 3.63) is 28.2 Å². The normalized spacial score (nSPS) is 17.9. The van der Waals surface area contributed by atoms with Crippen LogP contribution in [0.3, 0.4) is 0 Å². The lowest BCUT2D eigenvalue weighted by atomic mass is 10.1. The fraction of sp³-hybridized carbons (Fsp3) is 0.545. The Morgan fingerprint density at radius 2 is 2.07 bits per heavy atom. The molecular weight excluding hydrogens is 194 g/mol. The van der Waals surface area contributed by atoms with Gasteiger partial charge in [0.2, 0.25) is 0 Å². The van der Waals surface area contributed by atoms with Crippen LogP contribution in [-0.4, -0.2) is 22.9 Å². The van der Waals surface area contributed by atoms with Crippen molar-refractivity contribution in [1.29, 1.82) is 0 Å². The molecule has 0 aromatic carbocycles. The van der Waals surface area contributed by atoms with Crippen molar-refractivity contribution in [3.8, 4) is 5.75 Å². The number of aromatic nitrogens is 1. The Kier molecular flexibility index (Phi) is 2.77. The second-order valence-corrected chi connectivity index (χ2v) is 3.91. The van der Waals surface area contributed by atoms with Gasteiger partial charge in [-0.15, -0.1) is 0 Å². The van der Waals surface area contributed by atoms with E-state index in [2.05, 4.69) is 0 Å². The van der Waals surface area contributed by atoms with Crippen LogP contribution in [0, 0.1) is 6.92 Å². The molecule has 0 aliphatic carbocycles. The van der Waals surface area contributed by atoms with Crippen LogP contribution in [0.25, 0.3) is 0 Å². The summed E-state index contributed by atoms with van der Waals surface area (Å²) in [5.74, 6) is 0.0424. The predicted molar refractivity (Wildman–Crippen MR) is 56.2 cm³/mol. The molecule has 0 unspecified atom stereocenters. The van der Waals surface area contributed by atoms with Crippen molar-refractivity contribution in [3.63, 3.8) is 0 Å². The van der Waals surface area contributed by atoms with Gasteiger partial charge in [0.25, 0.3) is 5.56 Å². The summed E-state index contributed by atoms with van der Waals surface area (Å²) in [6, 6.07) is 3.10. The van der Waals surface area contributed by atoms with Crippen molar-refractivity contribution in [2.75, 3.05) is 13.2 Å². The number of aromatic hydroxyl groups is 1. The van der Waals surface area contributed by atoms with Crippen LogP contribution in [0.2, 0.25) is 0 Å². The van der Waals surface area contributed by atoms with E-state index < -0.39 is 0 Å². The van der Waals surface area contributed by atoms with Gasteiger partial charge in [0.1, 0.15) is 5.75 Å². The van der Waals surface area contributed by atoms with E-state index in [1.807, 2.05) is 6.92 Å². The maximum absolute atomic E-state index is 11.7. The van der Waals surface area contributed by atoms with E-state index in [0.717, 1.165) is 18.5 Å². The minimum Gasteiger partial charge on any atom is -0.508 e. The lowest BCUT2D eigenvalue weighted by molar-refractivity contribution is 0.0681. The van der Waals surface area contributed by atoms with Crippen LogP contribution in [0.4, 0.5) is 0 Å². The molecule has 0 spiro atoms. The van der Waals surface area contributed by atoms with Gasteiger partial charge >= 0.3 is 0 Å². The highest BCUT2D eigenvalue weighted by Gasteiger charge is 2.18. The lowest BCUT2D eigenvalue weighted by Gasteiger charge is -2.25. The van der Waals surface area contributed by atoms with Crippen LogP contribution in [-0.2, 0) is 4.74 Å². The van der Waals surface area contributed by atoms with Crippen molar-refractivity contribution >= 4 is 0 Å². The third kappa shape index (κ3) is 2.04. The Morgan fingerprint density at radius 1 is 1.40 bits per heavy atom. The van der Waals surface area contributed by atoms with Gasteiger partial charge in [-0.3, -0.25) is 4.79 Å². The smallest absolute Gasteiger partial charge is 0.254 e. The SMILES string of the molecule is Cc1cc(O)cc(=O)n1C1CCOCC1. The van der Waals surface area contributed by atoms with Crippen LogP contribution in [0.5, 0.6) is 5.75 Å². The molecular formula is C11H15NO3. The van der Waals surface area contributed by atoms with Crippen molar-refractivity contribution < 1.29 is 9.84 Å². The van der Waals surface area contributed by atoms with Crippen molar-refractivity contribution in [2.45, 2.75) is 25.8 Å². The molecule has 1 aliphatic rings. The number of ether oxygens (including phenoxy) is 1. The second kappa shape index (κ2) is 4.06. The molecule has 1 N–H and O–H groups in total. The molecule has 1 aliphatic heterocycles. The van der Waals surface area contributed by atoms with E-state index in [9.17, 15) is 9.90 Å². The molecule has 82 valence electrons. The van der Waals surface area contributed by atoms with Gasteiger partial charge in [-0.25, -0.2) is 0 Å². The first-order valence-electron chi connectivity index (χ1n) is 5.18. The molecule has 0 amide bonds. The first-order valence-corrected chi connectivity index (χ1v) is 5.18. The quantitative estimate of drug-likeness (QED) is 0.756. The lowest BCUT2D eigenvalue weighted by Crippen LogP contribution is -2.30. The maximum Gasteiger partial charge on any atom is 0.254 e. The highest BCUT2D eigenvalue weighted by atomic mass is 16.5. The average molecular weight is 209 g/mol. The standard InChI is InChI=1S/C11H15NO3/c1-8-6-10(13)7-11(14)12(8)9-2-4-15-5-3-9/h6-7,9,13H,2-5H2,1H3. The first-order chi connectivity index (χ1) is 7.18. The maximum atomic E-state index is 11.7. The van der Waals surface area contributed by atoms with Gasteiger partial charge in [-0.1, -0.05) is 0 Å². The molecule has 0 saturated carbocycles. The third-order valence-electron chi connectivity index (χ3n) is 2.80. The highest BCUT2D eigenvalue weighted by Crippen LogP contribution is 2.21. The van der Waals surface area contributed by atoms with Crippen LogP contribution >= 0.6 is 0 Å². The van der Waals surface area contributed by atoms with Crippen LogP contribution in [0.1, 0.15) is 24.6 Å². The Balaban J connectivity index is 2.38. The number of hydrogen-bond donors (Lipinski definition) is 1. The number of pyridine rings is 1. The van der Waals surface area contributed by atoms with Crippen LogP contribution < -0.4 is 5.56 Å². The van der Waals surface area contributed by atoms with E-state index in [1.54, 1.807) is 10.6 Å². The summed E-state index contributed by atoms with van der Waals surface area (Å²) >= 11 is 0. The Hall–Kier alpha value is -1.29. The van der Waals surface area contributed by atoms with Gasteiger partial charge in [0.15, 0.2) is 0 Å². The minimum absolute atomic E-state index is 0.0424. The summed E-state index contributed by atoms with van der Waals surface area (Å²) in [4.78, 5) is 11.7. The minimum atomic E-state index is -0.126. The Labute approximate surface area is 88.1 Å². The average Bonchev–Trinajstić information content (AvgIpc) is 2.17. The summed E-state index contributed by atoms with van der Waals surface area (Å²) in [6.45, 7) is 3.26. The molecule has 0 radical (unpaired) electrons. The van der Waals surface area contributed by atoms with Gasteiger partial charge in [0.05, 0.1) is 0 Å². The number of rotatable bonds is 1. The first kappa shape index (κ1) is 10.2. The van der Waals surface area contributed by atoms with E-state index in [1.165, 1.54) is 6.07 Å². The zero-order valence-electron chi connectivity index (χ0n) is 8.77. The zero-order chi connectivity index (χ0) is 10.8. The van der Waals surface area contributed by atoms with E-state index in [4.69, 9.17) is 4.74 Å². The van der Waals surface area contributed by atoms with Gasteiger partial charge in [0, 0.05) is 31.0 Å². The van der Waals surface area contributed by atoms with Crippen LogP contribution in [0.15, 0.2) is 16.9 Å². The van der Waals surface area contributed by atoms with E-state index in [-0.39, 0.29) is 17.4 Å². The summed E-state index contributed by atoms with van der Waals surface area (Å²) < 4.78 is 7.01. The Morgan fingerprint density at radius 3 is 2.67 bits per heavy atom. The highest BCUT2D eigenvalue weighted by molar-refractivity contribution is 5.21. The zero-order valence-corrected chi connectivity index (χ0v) is 8.77. The molecule has 15 heavy (non-hydrogen) atoms. The molecule has 1 saturated heterocycles. The largest absolute Gasteiger partial charge is 0.508 e. The molecule has 1 aromatic rings. The summed E-state index contributed by atoms with van der Waals surface area (Å²) in [5, 5.41) is 9.28. The van der Waals surface area contributed by atoms with Crippen molar-refractivity contribution in [1.82, 2.24) is 4.57 Å². The summed E-state index contributed by atoms with van der Waals surface area (Å²) in [5.41, 5.74) is 0.686. The molecule has 0 bridgehead atoms. The molecule has 1 aromatic heterocycles. The van der Waals surface area contributed by atoms with Gasteiger partial charge in [-0.2, -0.15) is 0 Å². The summed E-state index contributed by atoms with van der Waals surface area (Å²) in [6.07, 6.45) is 1.73. The second-order valence-electron chi connectivity index (χ2n) is 3.91.